The SMILES string of the molecule is C/C=C(\N=C(N(C)C=O)N1CCC(N)CC1)c1ccc(C#N)c(F)c1. The summed E-state index contributed by atoms with van der Waals surface area (Å²) in [5, 5.41) is 8.85. The molecule has 0 aromatic heterocycles. The molecule has 1 aliphatic rings. The molecule has 0 unspecified atom stereocenters. The van der Waals surface area contributed by atoms with Gasteiger partial charge in [-0.2, -0.15) is 5.26 Å². The quantitative estimate of drug-likeness (QED) is 0.516. The number of allylic oxidation sites excluding steroid dienone is 1. The van der Waals surface area contributed by atoms with Crippen LogP contribution in [-0.2, 0) is 4.79 Å². The molecule has 0 bridgehead atoms. The minimum Gasteiger partial charge on any atom is -0.342 e. The molecule has 1 aliphatic heterocycles. The van der Waals surface area contributed by atoms with Gasteiger partial charge in [-0.25, -0.2) is 9.38 Å². The number of aliphatic imine (C=N–C) groups is 1. The second-order valence-electron chi connectivity index (χ2n) is 5.93. The Labute approximate surface area is 147 Å². The van der Waals surface area contributed by atoms with Crippen molar-refractivity contribution in [3.8, 4) is 6.07 Å². The van der Waals surface area contributed by atoms with Gasteiger partial charge in [-0.15, -0.1) is 0 Å². The molecule has 1 fully saturated rings. The van der Waals surface area contributed by atoms with Crippen LogP contribution in [0.15, 0.2) is 29.3 Å². The van der Waals surface area contributed by atoms with Crippen LogP contribution in [0.4, 0.5) is 4.39 Å². The smallest absolute Gasteiger partial charge is 0.216 e. The van der Waals surface area contributed by atoms with Crippen LogP contribution < -0.4 is 5.73 Å². The number of carbonyl (C=O) groups excluding carboxylic acids is 1. The molecule has 6 nitrogen and oxygen atoms in total. The number of nitrogens with zero attached hydrogens (tertiary/aromatic N) is 4. The van der Waals surface area contributed by atoms with Gasteiger partial charge in [0.25, 0.3) is 0 Å². The Hall–Kier alpha value is -2.72. The third-order valence-corrected chi connectivity index (χ3v) is 4.18. The summed E-state index contributed by atoms with van der Waals surface area (Å²) in [5.74, 6) is -0.0939. The average molecular weight is 343 g/mol. The molecule has 1 aromatic rings. The highest BCUT2D eigenvalue weighted by Crippen LogP contribution is 2.21. The Morgan fingerprint density at radius 1 is 1.48 bits per heavy atom. The molecule has 1 saturated heterocycles. The summed E-state index contributed by atoms with van der Waals surface area (Å²) in [6, 6.07) is 6.31. The van der Waals surface area contributed by atoms with Crippen molar-refractivity contribution < 1.29 is 9.18 Å². The van der Waals surface area contributed by atoms with Crippen molar-refractivity contribution in [1.82, 2.24) is 9.80 Å². The predicted molar refractivity (Wildman–Crippen MR) is 94.8 cm³/mol. The maximum atomic E-state index is 13.9. The van der Waals surface area contributed by atoms with E-state index in [9.17, 15) is 9.18 Å². The van der Waals surface area contributed by atoms with E-state index >= 15 is 0 Å². The number of piperidine rings is 1. The molecular formula is C18H22FN5O. The number of halogens is 1. The summed E-state index contributed by atoms with van der Waals surface area (Å²) in [6.07, 6.45) is 4.08. The summed E-state index contributed by atoms with van der Waals surface area (Å²) in [7, 11) is 1.63. The van der Waals surface area contributed by atoms with Crippen molar-refractivity contribution >= 4 is 18.1 Å². The van der Waals surface area contributed by atoms with Gasteiger partial charge < -0.3 is 10.6 Å². The highest BCUT2D eigenvalue weighted by atomic mass is 19.1. The number of amides is 1. The van der Waals surface area contributed by atoms with Crippen molar-refractivity contribution in [1.29, 1.82) is 5.26 Å². The van der Waals surface area contributed by atoms with Gasteiger partial charge in [0.1, 0.15) is 11.9 Å². The molecule has 2 N–H and O–H groups in total. The van der Waals surface area contributed by atoms with E-state index < -0.39 is 5.82 Å². The van der Waals surface area contributed by atoms with Gasteiger partial charge in [0.2, 0.25) is 12.4 Å². The third-order valence-electron chi connectivity index (χ3n) is 4.18. The number of hydrogen-bond donors (Lipinski definition) is 1. The summed E-state index contributed by atoms with van der Waals surface area (Å²) >= 11 is 0. The Morgan fingerprint density at radius 3 is 2.68 bits per heavy atom. The Bertz CT molecular complexity index is 729. The molecule has 1 aromatic carbocycles. The second-order valence-corrected chi connectivity index (χ2v) is 5.93. The Morgan fingerprint density at radius 2 is 2.16 bits per heavy atom. The number of hydrogen-bond acceptors (Lipinski definition) is 4. The third kappa shape index (κ3) is 4.43. The number of nitriles is 1. The van der Waals surface area contributed by atoms with Gasteiger partial charge in [0, 0.05) is 31.7 Å². The normalized spacial score (nSPS) is 16.5. The minimum absolute atomic E-state index is 0.0153. The second kappa shape index (κ2) is 8.40. The molecule has 0 aliphatic carbocycles. The molecule has 1 heterocycles. The van der Waals surface area contributed by atoms with E-state index in [1.807, 2.05) is 4.90 Å². The van der Waals surface area contributed by atoms with Crippen LogP contribution >= 0.6 is 0 Å². The zero-order chi connectivity index (χ0) is 18.4. The highest BCUT2D eigenvalue weighted by molar-refractivity contribution is 5.92. The van der Waals surface area contributed by atoms with E-state index in [4.69, 9.17) is 11.0 Å². The minimum atomic E-state index is -0.594. The lowest BCUT2D eigenvalue weighted by molar-refractivity contribution is -0.114. The van der Waals surface area contributed by atoms with E-state index in [0.717, 1.165) is 12.8 Å². The van der Waals surface area contributed by atoms with Crippen molar-refractivity contribution in [2.24, 2.45) is 10.7 Å². The monoisotopic (exact) mass is 343 g/mol. The molecule has 0 saturated carbocycles. The van der Waals surface area contributed by atoms with E-state index in [1.54, 1.807) is 32.2 Å². The van der Waals surface area contributed by atoms with Crippen molar-refractivity contribution in [3.63, 3.8) is 0 Å². The van der Waals surface area contributed by atoms with Crippen LogP contribution in [0.5, 0.6) is 0 Å². The van der Waals surface area contributed by atoms with E-state index in [0.29, 0.717) is 36.7 Å². The Kier molecular flexibility index (Phi) is 6.25. The molecule has 2 rings (SSSR count). The molecule has 0 spiro atoms. The molecular weight excluding hydrogens is 321 g/mol. The number of nitrogens with two attached hydrogens (primary N) is 1. The van der Waals surface area contributed by atoms with Crippen LogP contribution in [0.2, 0.25) is 0 Å². The molecule has 25 heavy (non-hydrogen) atoms. The van der Waals surface area contributed by atoms with Crippen LogP contribution in [0.25, 0.3) is 5.70 Å². The number of rotatable bonds is 3. The zero-order valence-corrected chi connectivity index (χ0v) is 14.4. The molecule has 1 amide bonds. The number of guanidine groups is 1. The van der Waals surface area contributed by atoms with Crippen molar-refractivity contribution in [3.05, 3.63) is 41.2 Å². The summed E-state index contributed by atoms with van der Waals surface area (Å²) in [6.45, 7) is 3.20. The largest absolute Gasteiger partial charge is 0.342 e. The lowest BCUT2D eigenvalue weighted by Crippen LogP contribution is -2.48. The zero-order valence-electron chi connectivity index (χ0n) is 14.4. The molecule has 132 valence electrons. The standard InChI is InChI=1S/C18H22FN5O/c1-3-17(13-4-5-14(11-20)16(19)10-13)22-18(23(2)12-25)24-8-6-15(21)7-9-24/h3-5,10,12,15H,6-9,21H2,1-2H3/b17-3-,22-18?. The number of benzene rings is 1. The first-order chi connectivity index (χ1) is 12.0. The van der Waals surface area contributed by atoms with Crippen LogP contribution in [0.1, 0.15) is 30.9 Å². The van der Waals surface area contributed by atoms with Crippen LogP contribution in [0.3, 0.4) is 0 Å². The van der Waals surface area contributed by atoms with Gasteiger partial charge in [0.15, 0.2) is 0 Å². The summed E-state index contributed by atoms with van der Waals surface area (Å²) in [4.78, 5) is 19.3. The summed E-state index contributed by atoms with van der Waals surface area (Å²) in [5.41, 5.74) is 7.00. The maximum Gasteiger partial charge on any atom is 0.216 e. The van der Waals surface area contributed by atoms with Gasteiger partial charge in [-0.05, 0) is 31.9 Å². The molecule has 0 atom stereocenters. The fraction of sp³-hybridized carbons (Fsp3) is 0.389. The average Bonchev–Trinajstić information content (AvgIpc) is 2.63. The van der Waals surface area contributed by atoms with Gasteiger partial charge >= 0.3 is 0 Å². The maximum absolute atomic E-state index is 13.9. The van der Waals surface area contributed by atoms with Gasteiger partial charge in [0.05, 0.1) is 11.3 Å². The predicted octanol–water partition coefficient (Wildman–Crippen LogP) is 1.93. The first-order valence-corrected chi connectivity index (χ1v) is 8.13. The van der Waals surface area contributed by atoms with E-state index in [1.165, 1.54) is 17.0 Å². The lowest BCUT2D eigenvalue weighted by atomic mass is 10.1. The lowest BCUT2D eigenvalue weighted by Gasteiger charge is -2.34. The fourth-order valence-corrected chi connectivity index (χ4v) is 2.69. The van der Waals surface area contributed by atoms with Crippen LogP contribution in [-0.4, -0.2) is 48.3 Å². The fourth-order valence-electron chi connectivity index (χ4n) is 2.69. The molecule has 7 heteroatoms. The van der Waals surface area contributed by atoms with Gasteiger partial charge in [-0.1, -0.05) is 12.1 Å². The highest BCUT2D eigenvalue weighted by Gasteiger charge is 2.22. The number of carbonyl (C=O) groups is 1. The van der Waals surface area contributed by atoms with Crippen molar-refractivity contribution in [2.45, 2.75) is 25.8 Å². The van der Waals surface area contributed by atoms with E-state index in [-0.39, 0.29) is 11.6 Å². The summed E-state index contributed by atoms with van der Waals surface area (Å²) < 4.78 is 13.9. The van der Waals surface area contributed by atoms with Crippen LogP contribution in [0, 0.1) is 17.1 Å². The number of likely N-dealkylation sites (tertiary alicyclic amines) is 1. The van der Waals surface area contributed by atoms with Crippen molar-refractivity contribution in [2.75, 3.05) is 20.1 Å². The first kappa shape index (κ1) is 18.6. The van der Waals surface area contributed by atoms with E-state index in [2.05, 4.69) is 4.99 Å². The Balaban J connectivity index is 2.37. The first-order valence-electron chi connectivity index (χ1n) is 8.13. The van der Waals surface area contributed by atoms with Gasteiger partial charge in [-0.3, -0.25) is 9.69 Å². The topological polar surface area (TPSA) is 85.7 Å². The molecule has 0 radical (unpaired) electrons.